The Morgan fingerprint density at radius 2 is 1.98 bits per heavy atom. The van der Waals surface area contributed by atoms with Crippen LogP contribution in [0.4, 0.5) is 21.7 Å². The van der Waals surface area contributed by atoms with E-state index in [0.29, 0.717) is 46.1 Å². The second kappa shape index (κ2) is 11.8. The first-order chi connectivity index (χ1) is 21.0. The Balaban J connectivity index is 1.29. The number of thiazole rings is 1. The van der Waals surface area contributed by atoms with Crippen LogP contribution in [0.5, 0.6) is 0 Å². The third-order valence-corrected chi connectivity index (χ3v) is 9.02. The van der Waals surface area contributed by atoms with E-state index in [0.717, 1.165) is 61.7 Å². The van der Waals surface area contributed by atoms with Gasteiger partial charge in [-0.05, 0) is 67.3 Å². The molecular weight excluding hydrogens is 565 g/mol. The van der Waals surface area contributed by atoms with E-state index in [4.69, 9.17) is 4.98 Å². The summed E-state index contributed by atoms with van der Waals surface area (Å²) in [7, 11) is 0. The van der Waals surface area contributed by atoms with Crippen LogP contribution in [0.1, 0.15) is 28.3 Å². The molecule has 0 saturated carbocycles. The van der Waals surface area contributed by atoms with Crippen molar-refractivity contribution in [3.63, 3.8) is 0 Å². The fourth-order valence-electron chi connectivity index (χ4n) is 6.01. The highest BCUT2D eigenvalue weighted by molar-refractivity contribution is 7.10. The van der Waals surface area contributed by atoms with Gasteiger partial charge in [0.05, 0.1) is 29.0 Å². The topological polar surface area (TPSA) is 113 Å². The molecule has 2 fully saturated rings. The number of piperazine rings is 1. The van der Waals surface area contributed by atoms with Gasteiger partial charge in [0.1, 0.15) is 11.5 Å². The van der Waals surface area contributed by atoms with Crippen molar-refractivity contribution in [2.45, 2.75) is 25.8 Å². The molecule has 0 spiro atoms. The maximum absolute atomic E-state index is 15.1. The van der Waals surface area contributed by atoms with Gasteiger partial charge in [0, 0.05) is 67.3 Å². The smallest absolute Gasteiger partial charge is 0.262 e. The first kappa shape index (κ1) is 27.6. The van der Waals surface area contributed by atoms with Crippen molar-refractivity contribution in [3.8, 4) is 11.3 Å². The van der Waals surface area contributed by atoms with Gasteiger partial charge in [-0.25, -0.2) is 14.4 Å². The molecule has 1 atom stereocenters. The SMILES string of the molecule is Cc1scnc1-c1cc2cnc(Nc3ccc(N4CCNCC4)c(F)c3)nc2n(Cc2ccncc2C2CCNC2)c1=O. The molecule has 1 unspecified atom stereocenters. The van der Waals surface area contributed by atoms with Gasteiger partial charge in [-0.2, -0.15) is 4.98 Å². The largest absolute Gasteiger partial charge is 0.367 e. The first-order valence-corrected chi connectivity index (χ1v) is 15.4. The summed E-state index contributed by atoms with van der Waals surface area (Å²) in [5.41, 5.74) is 6.52. The molecule has 10 nitrogen and oxygen atoms in total. The Labute approximate surface area is 252 Å². The van der Waals surface area contributed by atoms with Gasteiger partial charge >= 0.3 is 0 Å². The lowest BCUT2D eigenvalue weighted by Crippen LogP contribution is -2.43. The second-order valence-electron chi connectivity index (χ2n) is 11.0. The van der Waals surface area contributed by atoms with Crippen LogP contribution >= 0.6 is 11.3 Å². The normalized spacial score (nSPS) is 17.1. The number of nitrogens with zero attached hydrogens (tertiary/aromatic N) is 6. The number of rotatable bonds is 7. The predicted octanol–water partition coefficient (Wildman–Crippen LogP) is 4.04. The molecule has 2 aliphatic rings. The molecule has 2 saturated heterocycles. The van der Waals surface area contributed by atoms with E-state index in [1.807, 2.05) is 36.2 Å². The molecule has 0 aliphatic carbocycles. The molecule has 12 heteroatoms. The van der Waals surface area contributed by atoms with E-state index in [1.165, 1.54) is 17.4 Å². The highest BCUT2D eigenvalue weighted by atomic mass is 32.1. The number of nitrogens with one attached hydrogen (secondary N) is 3. The molecule has 5 aromatic rings. The molecular formula is C31H32FN9OS. The van der Waals surface area contributed by atoms with Crippen LogP contribution < -0.4 is 26.4 Å². The van der Waals surface area contributed by atoms with E-state index >= 15 is 4.39 Å². The Hall–Kier alpha value is -4.26. The molecule has 0 radical (unpaired) electrons. The molecule has 43 heavy (non-hydrogen) atoms. The van der Waals surface area contributed by atoms with Crippen LogP contribution in [0.25, 0.3) is 22.3 Å². The number of aryl methyl sites for hydroxylation is 1. The molecule has 0 bridgehead atoms. The number of benzene rings is 1. The molecule has 1 aromatic carbocycles. The number of fused-ring (bicyclic) bond motifs is 1. The highest BCUT2D eigenvalue weighted by Gasteiger charge is 2.22. The zero-order valence-electron chi connectivity index (χ0n) is 23.8. The van der Waals surface area contributed by atoms with Crippen molar-refractivity contribution in [2.75, 3.05) is 49.5 Å². The van der Waals surface area contributed by atoms with Crippen LogP contribution in [-0.2, 0) is 6.54 Å². The summed E-state index contributed by atoms with van der Waals surface area (Å²) in [6, 6.07) is 8.87. The van der Waals surface area contributed by atoms with E-state index in [9.17, 15) is 4.79 Å². The standard InChI is InChI=1S/C31H32FN9OS/c1-19-28(37-18-43-19)24-12-22-15-36-31(38-23-2-3-27(26(32)13-23)40-10-8-33-9-11-40)39-29(22)41(30(24)42)17-21-5-7-35-16-25(21)20-4-6-34-14-20/h2-3,5,7,12-13,15-16,18,20,33-34H,4,6,8-11,14,17H2,1H3,(H,36,38,39). The van der Waals surface area contributed by atoms with Gasteiger partial charge in [0.25, 0.3) is 5.56 Å². The summed E-state index contributed by atoms with van der Waals surface area (Å²) >= 11 is 1.50. The fourth-order valence-corrected chi connectivity index (χ4v) is 6.60. The van der Waals surface area contributed by atoms with E-state index in [-0.39, 0.29) is 17.3 Å². The van der Waals surface area contributed by atoms with Gasteiger partial charge in [0.2, 0.25) is 5.95 Å². The first-order valence-electron chi connectivity index (χ1n) is 14.5. The number of anilines is 3. The minimum absolute atomic E-state index is 0.176. The number of halogens is 1. The van der Waals surface area contributed by atoms with Crippen molar-refractivity contribution in [2.24, 2.45) is 0 Å². The number of aromatic nitrogens is 5. The Morgan fingerprint density at radius 3 is 2.74 bits per heavy atom. The molecule has 4 aromatic heterocycles. The average Bonchev–Trinajstić information content (AvgIpc) is 3.72. The Bertz CT molecular complexity index is 1840. The third kappa shape index (κ3) is 5.49. The zero-order chi connectivity index (χ0) is 29.3. The lowest BCUT2D eigenvalue weighted by Gasteiger charge is -2.29. The van der Waals surface area contributed by atoms with Crippen LogP contribution in [0.15, 0.2) is 59.2 Å². The molecule has 3 N–H and O–H groups in total. The predicted molar refractivity (Wildman–Crippen MR) is 168 cm³/mol. The molecule has 220 valence electrons. The quantitative estimate of drug-likeness (QED) is 0.256. The van der Waals surface area contributed by atoms with Gasteiger partial charge < -0.3 is 20.9 Å². The van der Waals surface area contributed by atoms with E-state index in [2.05, 4.69) is 30.9 Å². The zero-order valence-corrected chi connectivity index (χ0v) is 24.6. The van der Waals surface area contributed by atoms with Gasteiger partial charge in [-0.15, -0.1) is 11.3 Å². The fraction of sp³-hybridized carbons (Fsp3) is 0.323. The third-order valence-electron chi connectivity index (χ3n) is 8.26. The monoisotopic (exact) mass is 597 g/mol. The lowest BCUT2D eigenvalue weighted by molar-refractivity contribution is 0.566. The highest BCUT2D eigenvalue weighted by Crippen LogP contribution is 2.29. The number of hydrogen-bond donors (Lipinski definition) is 3. The summed E-state index contributed by atoms with van der Waals surface area (Å²) in [6.07, 6.45) is 6.40. The van der Waals surface area contributed by atoms with Crippen molar-refractivity contribution < 1.29 is 4.39 Å². The molecule has 2 aliphatic heterocycles. The summed E-state index contributed by atoms with van der Waals surface area (Å²) < 4.78 is 16.8. The molecule has 0 amide bonds. The van der Waals surface area contributed by atoms with Crippen molar-refractivity contribution in [1.82, 2.24) is 35.1 Å². The van der Waals surface area contributed by atoms with Crippen LogP contribution in [-0.4, -0.2) is 63.8 Å². The van der Waals surface area contributed by atoms with Crippen LogP contribution in [0, 0.1) is 12.7 Å². The van der Waals surface area contributed by atoms with Crippen molar-refractivity contribution in [3.05, 3.63) is 86.6 Å². The lowest BCUT2D eigenvalue weighted by atomic mass is 9.95. The van der Waals surface area contributed by atoms with Crippen molar-refractivity contribution >= 4 is 39.7 Å². The number of hydrogen-bond acceptors (Lipinski definition) is 10. The summed E-state index contributed by atoms with van der Waals surface area (Å²) in [5, 5.41) is 10.6. The minimum Gasteiger partial charge on any atom is -0.367 e. The Kier molecular flexibility index (Phi) is 7.56. The summed E-state index contributed by atoms with van der Waals surface area (Å²) in [6.45, 7) is 7.30. The maximum atomic E-state index is 15.1. The van der Waals surface area contributed by atoms with Gasteiger partial charge in [-0.3, -0.25) is 14.3 Å². The average molecular weight is 598 g/mol. The van der Waals surface area contributed by atoms with E-state index < -0.39 is 0 Å². The minimum atomic E-state index is -0.306. The van der Waals surface area contributed by atoms with Crippen LogP contribution in [0.2, 0.25) is 0 Å². The van der Waals surface area contributed by atoms with Crippen LogP contribution in [0.3, 0.4) is 0 Å². The number of pyridine rings is 2. The van der Waals surface area contributed by atoms with Crippen molar-refractivity contribution in [1.29, 1.82) is 0 Å². The second-order valence-corrected chi connectivity index (χ2v) is 12.0. The molecule has 6 heterocycles. The summed E-state index contributed by atoms with van der Waals surface area (Å²) in [4.78, 5) is 35.4. The van der Waals surface area contributed by atoms with Gasteiger partial charge in [-0.1, -0.05) is 0 Å². The van der Waals surface area contributed by atoms with E-state index in [1.54, 1.807) is 28.5 Å². The van der Waals surface area contributed by atoms with Gasteiger partial charge in [0.15, 0.2) is 0 Å². The Morgan fingerprint density at radius 1 is 1.09 bits per heavy atom. The molecule has 7 rings (SSSR count). The maximum Gasteiger partial charge on any atom is 0.262 e. The summed E-state index contributed by atoms with van der Waals surface area (Å²) in [5.74, 6) is 0.308.